The summed E-state index contributed by atoms with van der Waals surface area (Å²) in [5, 5.41) is 27.1. The zero-order chi connectivity index (χ0) is 22.0. The average Bonchev–Trinajstić information content (AvgIpc) is 3.26. The molecule has 31 heavy (non-hydrogen) atoms. The highest BCUT2D eigenvalue weighted by atomic mass is 35.5. The third-order valence-electron chi connectivity index (χ3n) is 5.44. The Balaban J connectivity index is 1.42. The summed E-state index contributed by atoms with van der Waals surface area (Å²) in [5.41, 5.74) is 2.81. The molecular formula is C22H23ClN4O4. The van der Waals surface area contributed by atoms with Crippen molar-refractivity contribution in [2.75, 3.05) is 38.2 Å². The molecule has 3 N–H and O–H groups in total. The number of carbonyl (C=O) groups excluding carboxylic acids is 1. The van der Waals surface area contributed by atoms with Crippen LogP contribution in [0, 0.1) is 0 Å². The number of rotatable bonds is 5. The number of hydrogen-bond acceptors (Lipinski definition) is 6. The molecule has 0 radical (unpaired) electrons. The van der Waals surface area contributed by atoms with Gasteiger partial charge in [0.25, 0.3) is 0 Å². The predicted molar refractivity (Wildman–Crippen MR) is 118 cm³/mol. The van der Waals surface area contributed by atoms with E-state index in [0.29, 0.717) is 43.9 Å². The van der Waals surface area contributed by atoms with Gasteiger partial charge in [-0.3, -0.25) is 9.89 Å². The first-order valence-corrected chi connectivity index (χ1v) is 10.2. The SMILES string of the molecule is COc1ccc(CC(=O)N2CCN(c3cn[nH]c3-c3cc(Cl)c(O)cc3O)CC2)cc1. The summed E-state index contributed by atoms with van der Waals surface area (Å²) in [4.78, 5) is 16.7. The van der Waals surface area contributed by atoms with Gasteiger partial charge in [-0.05, 0) is 23.8 Å². The van der Waals surface area contributed by atoms with E-state index in [-0.39, 0.29) is 22.4 Å². The summed E-state index contributed by atoms with van der Waals surface area (Å²) in [5.74, 6) is 0.565. The van der Waals surface area contributed by atoms with Crippen LogP contribution in [-0.2, 0) is 11.2 Å². The van der Waals surface area contributed by atoms with Crippen LogP contribution in [0.1, 0.15) is 5.56 Å². The van der Waals surface area contributed by atoms with Crippen LogP contribution in [0.5, 0.6) is 17.2 Å². The van der Waals surface area contributed by atoms with Crippen molar-refractivity contribution in [3.8, 4) is 28.5 Å². The Kier molecular flexibility index (Phi) is 5.90. The Morgan fingerprint density at radius 3 is 2.52 bits per heavy atom. The Labute approximate surface area is 184 Å². The maximum atomic E-state index is 12.7. The monoisotopic (exact) mass is 442 g/mol. The lowest BCUT2D eigenvalue weighted by molar-refractivity contribution is -0.130. The Morgan fingerprint density at radius 1 is 1.13 bits per heavy atom. The summed E-state index contributed by atoms with van der Waals surface area (Å²) in [6.45, 7) is 2.44. The first kappa shape index (κ1) is 20.9. The number of H-pyrrole nitrogens is 1. The van der Waals surface area contributed by atoms with E-state index in [9.17, 15) is 15.0 Å². The molecule has 0 bridgehead atoms. The lowest BCUT2D eigenvalue weighted by atomic mass is 10.1. The van der Waals surface area contributed by atoms with Crippen LogP contribution in [0.15, 0.2) is 42.6 Å². The maximum absolute atomic E-state index is 12.7. The maximum Gasteiger partial charge on any atom is 0.227 e. The van der Waals surface area contributed by atoms with E-state index in [0.717, 1.165) is 17.0 Å². The molecule has 9 heteroatoms. The van der Waals surface area contributed by atoms with Crippen molar-refractivity contribution >= 4 is 23.2 Å². The van der Waals surface area contributed by atoms with Crippen molar-refractivity contribution in [3.05, 3.63) is 53.2 Å². The van der Waals surface area contributed by atoms with Gasteiger partial charge in [0.1, 0.15) is 17.2 Å². The molecule has 1 aromatic heterocycles. The van der Waals surface area contributed by atoms with Crippen molar-refractivity contribution in [1.82, 2.24) is 15.1 Å². The fraction of sp³-hybridized carbons (Fsp3) is 0.273. The second-order valence-electron chi connectivity index (χ2n) is 7.34. The Hall–Kier alpha value is -3.39. The molecule has 162 valence electrons. The molecule has 4 rings (SSSR count). The summed E-state index contributed by atoms with van der Waals surface area (Å²) >= 11 is 6.02. The number of carbonyl (C=O) groups is 1. The first-order chi connectivity index (χ1) is 15.0. The van der Waals surface area contributed by atoms with E-state index in [1.807, 2.05) is 29.2 Å². The molecule has 0 saturated carbocycles. The predicted octanol–water partition coefficient (Wildman–Crippen LogP) is 3.04. The number of halogens is 1. The standard InChI is InChI=1S/C22H23ClN4O4/c1-31-15-4-2-14(3-5-15)10-21(30)27-8-6-26(7-9-27)18-13-24-25-22(18)16-11-17(23)20(29)12-19(16)28/h2-5,11-13,28-29H,6-10H2,1H3,(H,24,25). The third kappa shape index (κ3) is 4.39. The van der Waals surface area contributed by atoms with Crippen molar-refractivity contribution in [3.63, 3.8) is 0 Å². The van der Waals surface area contributed by atoms with Crippen molar-refractivity contribution in [1.29, 1.82) is 0 Å². The number of phenolic OH excluding ortho intramolecular Hbond substituents is 2. The lowest BCUT2D eigenvalue weighted by Crippen LogP contribution is -2.49. The zero-order valence-electron chi connectivity index (χ0n) is 17.0. The fourth-order valence-corrected chi connectivity index (χ4v) is 3.86. The smallest absolute Gasteiger partial charge is 0.227 e. The van der Waals surface area contributed by atoms with Crippen LogP contribution in [0.25, 0.3) is 11.3 Å². The summed E-state index contributed by atoms with van der Waals surface area (Å²) < 4.78 is 5.16. The molecule has 0 atom stereocenters. The molecule has 0 spiro atoms. The van der Waals surface area contributed by atoms with Gasteiger partial charge in [-0.25, -0.2) is 0 Å². The van der Waals surface area contributed by atoms with Gasteiger partial charge in [0, 0.05) is 37.8 Å². The number of aromatic amines is 1. The fourth-order valence-electron chi connectivity index (χ4n) is 3.70. The minimum Gasteiger partial charge on any atom is -0.507 e. The lowest BCUT2D eigenvalue weighted by Gasteiger charge is -2.36. The van der Waals surface area contributed by atoms with E-state index in [1.165, 1.54) is 12.1 Å². The summed E-state index contributed by atoms with van der Waals surface area (Å²) in [6, 6.07) is 10.2. The number of aromatic nitrogens is 2. The number of hydrogen-bond donors (Lipinski definition) is 3. The third-order valence-corrected chi connectivity index (χ3v) is 5.74. The van der Waals surface area contributed by atoms with E-state index < -0.39 is 0 Å². The highest BCUT2D eigenvalue weighted by Gasteiger charge is 2.25. The first-order valence-electron chi connectivity index (χ1n) is 9.87. The van der Waals surface area contributed by atoms with Gasteiger partial charge >= 0.3 is 0 Å². The van der Waals surface area contributed by atoms with Gasteiger partial charge in [-0.1, -0.05) is 23.7 Å². The number of amides is 1. The van der Waals surface area contributed by atoms with E-state index >= 15 is 0 Å². The highest BCUT2D eigenvalue weighted by molar-refractivity contribution is 6.32. The summed E-state index contributed by atoms with van der Waals surface area (Å²) in [6.07, 6.45) is 2.03. The van der Waals surface area contributed by atoms with Crippen LogP contribution in [-0.4, -0.2) is 64.5 Å². The van der Waals surface area contributed by atoms with Crippen LogP contribution >= 0.6 is 11.6 Å². The molecule has 8 nitrogen and oxygen atoms in total. The quantitative estimate of drug-likeness (QED) is 0.561. The number of nitrogens with zero attached hydrogens (tertiary/aromatic N) is 3. The largest absolute Gasteiger partial charge is 0.507 e. The number of anilines is 1. The number of piperazine rings is 1. The molecule has 2 aromatic carbocycles. The topological polar surface area (TPSA) is 102 Å². The molecule has 1 amide bonds. The van der Waals surface area contributed by atoms with Gasteiger partial charge in [0.05, 0.1) is 36.1 Å². The van der Waals surface area contributed by atoms with Crippen LogP contribution in [0.2, 0.25) is 5.02 Å². The Bertz CT molecular complexity index is 1080. The number of phenols is 2. The van der Waals surface area contributed by atoms with E-state index in [1.54, 1.807) is 13.3 Å². The molecule has 0 aliphatic carbocycles. The zero-order valence-corrected chi connectivity index (χ0v) is 17.8. The van der Waals surface area contributed by atoms with Gasteiger partial charge < -0.3 is 24.7 Å². The highest BCUT2D eigenvalue weighted by Crippen LogP contribution is 2.40. The summed E-state index contributed by atoms with van der Waals surface area (Å²) in [7, 11) is 1.61. The van der Waals surface area contributed by atoms with Gasteiger partial charge in [0.2, 0.25) is 5.91 Å². The molecule has 1 fully saturated rings. The number of nitrogens with one attached hydrogen (secondary N) is 1. The second kappa shape index (κ2) is 8.77. The van der Waals surface area contributed by atoms with E-state index in [2.05, 4.69) is 15.1 Å². The molecule has 1 aliphatic heterocycles. The molecule has 1 aliphatic rings. The normalized spacial score (nSPS) is 14.0. The van der Waals surface area contributed by atoms with E-state index in [4.69, 9.17) is 16.3 Å². The Morgan fingerprint density at radius 2 is 1.84 bits per heavy atom. The second-order valence-corrected chi connectivity index (χ2v) is 7.75. The molecule has 2 heterocycles. The number of benzene rings is 2. The molecule has 1 saturated heterocycles. The number of methoxy groups -OCH3 is 1. The van der Waals surface area contributed by atoms with Crippen LogP contribution < -0.4 is 9.64 Å². The minimum absolute atomic E-state index is 0.0835. The van der Waals surface area contributed by atoms with Crippen LogP contribution in [0.4, 0.5) is 5.69 Å². The van der Waals surface area contributed by atoms with Gasteiger partial charge in [0.15, 0.2) is 0 Å². The van der Waals surface area contributed by atoms with Crippen molar-refractivity contribution < 1.29 is 19.7 Å². The van der Waals surface area contributed by atoms with Gasteiger partial charge in [-0.2, -0.15) is 5.10 Å². The van der Waals surface area contributed by atoms with Crippen molar-refractivity contribution in [2.24, 2.45) is 0 Å². The van der Waals surface area contributed by atoms with Crippen LogP contribution in [0.3, 0.4) is 0 Å². The average molecular weight is 443 g/mol. The molecule has 3 aromatic rings. The number of aromatic hydroxyl groups is 2. The van der Waals surface area contributed by atoms with Gasteiger partial charge in [-0.15, -0.1) is 0 Å². The minimum atomic E-state index is -0.187. The molecule has 0 unspecified atom stereocenters. The molecular weight excluding hydrogens is 420 g/mol. The number of ether oxygens (including phenoxy) is 1. The van der Waals surface area contributed by atoms with Crippen molar-refractivity contribution in [2.45, 2.75) is 6.42 Å².